The molecule has 3 heterocycles. The minimum Gasteiger partial charge on any atom is -0.318 e. The molecule has 0 aliphatic carbocycles. The monoisotopic (exact) mass is 336 g/mol. The Labute approximate surface area is 148 Å². The lowest BCUT2D eigenvalue weighted by Crippen LogP contribution is -2.42. The Morgan fingerprint density at radius 1 is 1.24 bits per heavy atom. The normalized spacial score (nSPS) is 17.0. The molecule has 1 aromatic heterocycles. The van der Waals surface area contributed by atoms with Crippen LogP contribution in [0.5, 0.6) is 0 Å². The largest absolute Gasteiger partial charge is 0.318 e. The molecule has 0 saturated carbocycles. The molecule has 2 aromatic rings. The van der Waals surface area contributed by atoms with Gasteiger partial charge in [-0.05, 0) is 23.6 Å². The molecule has 2 aliphatic rings. The molecule has 2 aliphatic heterocycles. The molecule has 0 radical (unpaired) electrons. The Kier molecular flexibility index (Phi) is 4.27. The first-order valence-corrected chi connectivity index (χ1v) is 8.89. The van der Waals surface area contributed by atoms with Gasteiger partial charge in [-0.1, -0.05) is 18.2 Å². The quantitative estimate of drug-likeness (QED) is 0.928. The highest BCUT2D eigenvalue weighted by molar-refractivity contribution is 5.93. The van der Waals surface area contributed by atoms with Crippen molar-refractivity contribution in [3.8, 4) is 11.1 Å². The minimum absolute atomic E-state index is 0.0586. The van der Waals surface area contributed by atoms with E-state index in [9.17, 15) is 4.79 Å². The summed E-state index contributed by atoms with van der Waals surface area (Å²) in [6.45, 7) is 8.02. The number of fused-ring (bicyclic) bond motifs is 1. The van der Waals surface area contributed by atoms with E-state index in [2.05, 4.69) is 40.3 Å². The SMILES string of the molecule is Cc1cc(-c2cn(C)c(=O)c3c2C=NC3)ccc1CN1CCNCC1. The van der Waals surface area contributed by atoms with E-state index in [0.29, 0.717) is 6.54 Å². The van der Waals surface area contributed by atoms with Crippen molar-refractivity contribution in [1.82, 2.24) is 14.8 Å². The predicted octanol–water partition coefficient (Wildman–Crippen LogP) is 1.70. The van der Waals surface area contributed by atoms with Crippen molar-refractivity contribution in [2.45, 2.75) is 20.0 Å². The van der Waals surface area contributed by atoms with E-state index in [0.717, 1.165) is 55.0 Å². The van der Waals surface area contributed by atoms with Crippen molar-refractivity contribution in [3.05, 3.63) is 57.0 Å². The third-order valence-electron chi connectivity index (χ3n) is 5.24. The zero-order chi connectivity index (χ0) is 17.4. The molecule has 1 fully saturated rings. The van der Waals surface area contributed by atoms with Gasteiger partial charge in [-0.25, -0.2) is 0 Å². The number of piperazine rings is 1. The van der Waals surface area contributed by atoms with Gasteiger partial charge >= 0.3 is 0 Å². The molecule has 5 heteroatoms. The first-order valence-electron chi connectivity index (χ1n) is 8.89. The Morgan fingerprint density at radius 3 is 2.80 bits per heavy atom. The molecule has 5 nitrogen and oxygen atoms in total. The second-order valence-electron chi connectivity index (χ2n) is 6.99. The van der Waals surface area contributed by atoms with Crippen molar-refractivity contribution < 1.29 is 0 Å². The molecule has 0 bridgehead atoms. The van der Waals surface area contributed by atoms with E-state index in [1.165, 1.54) is 11.1 Å². The summed E-state index contributed by atoms with van der Waals surface area (Å²) in [7, 11) is 1.82. The zero-order valence-electron chi connectivity index (χ0n) is 14.9. The van der Waals surface area contributed by atoms with Crippen molar-refractivity contribution in [2.24, 2.45) is 12.0 Å². The summed E-state index contributed by atoms with van der Waals surface area (Å²) in [6, 6.07) is 6.65. The van der Waals surface area contributed by atoms with E-state index >= 15 is 0 Å². The smallest absolute Gasteiger partial charge is 0.256 e. The van der Waals surface area contributed by atoms with Crippen LogP contribution in [-0.2, 0) is 20.1 Å². The first kappa shape index (κ1) is 16.2. The lowest BCUT2D eigenvalue weighted by Gasteiger charge is -2.27. The highest BCUT2D eigenvalue weighted by Gasteiger charge is 2.18. The van der Waals surface area contributed by atoms with E-state index in [-0.39, 0.29) is 5.56 Å². The number of aromatic nitrogens is 1. The molecular formula is C20H24N4O. The van der Waals surface area contributed by atoms with Gasteiger partial charge in [0.2, 0.25) is 0 Å². The first-order chi connectivity index (χ1) is 12.1. The molecule has 0 atom stereocenters. The van der Waals surface area contributed by atoms with Gasteiger partial charge in [0.25, 0.3) is 5.56 Å². The van der Waals surface area contributed by atoms with Crippen molar-refractivity contribution >= 4 is 6.21 Å². The van der Waals surface area contributed by atoms with Gasteiger partial charge in [-0.2, -0.15) is 0 Å². The Hall–Kier alpha value is -2.24. The Bertz CT molecular complexity index is 891. The van der Waals surface area contributed by atoms with Crippen LogP contribution in [0, 0.1) is 6.92 Å². The molecular weight excluding hydrogens is 312 g/mol. The zero-order valence-corrected chi connectivity index (χ0v) is 14.9. The Balaban J connectivity index is 1.67. The minimum atomic E-state index is 0.0586. The molecule has 0 unspecified atom stereocenters. The van der Waals surface area contributed by atoms with Gasteiger partial charge in [-0.3, -0.25) is 14.7 Å². The summed E-state index contributed by atoms with van der Waals surface area (Å²) in [6.07, 6.45) is 3.78. The van der Waals surface area contributed by atoms with Crippen LogP contribution < -0.4 is 10.9 Å². The van der Waals surface area contributed by atoms with Crippen molar-refractivity contribution in [2.75, 3.05) is 26.2 Å². The van der Waals surface area contributed by atoms with Crippen molar-refractivity contribution in [3.63, 3.8) is 0 Å². The molecule has 0 amide bonds. The molecule has 4 rings (SSSR count). The van der Waals surface area contributed by atoms with Crippen LogP contribution in [0.3, 0.4) is 0 Å². The molecule has 0 spiro atoms. The average Bonchev–Trinajstić information content (AvgIpc) is 3.11. The number of nitrogens with zero attached hydrogens (tertiary/aromatic N) is 3. The van der Waals surface area contributed by atoms with Gasteiger partial charge in [-0.15, -0.1) is 0 Å². The summed E-state index contributed by atoms with van der Waals surface area (Å²) in [5.41, 5.74) is 6.77. The summed E-state index contributed by atoms with van der Waals surface area (Å²) >= 11 is 0. The van der Waals surface area contributed by atoms with Crippen LogP contribution in [0.25, 0.3) is 11.1 Å². The van der Waals surface area contributed by atoms with Gasteiger partial charge in [0.1, 0.15) is 0 Å². The van der Waals surface area contributed by atoms with Gasteiger partial charge in [0, 0.05) is 68.9 Å². The van der Waals surface area contributed by atoms with Gasteiger partial charge in [0.15, 0.2) is 0 Å². The van der Waals surface area contributed by atoms with E-state index in [4.69, 9.17) is 0 Å². The Morgan fingerprint density at radius 2 is 2.04 bits per heavy atom. The molecule has 130 valence electrons. The number of benzene rings is 1. The van der Waals surface area contributed by atoms with Gasteiger partial charge < -0.3 is 9.88 Å². The standard InChI is InChI=1S/C20H24N4O/c1-14-9-15(3-4-16(14)12-24-7-5-21-6-8-24)19-13-23(2)20(25)18-11-22-10-17(18)19/h3-4,9-10,13,21H,5-8,11-12H2,1-2H3. The molecule has 1 saturated heterocycles. The van der Waals surface area contributed by atoms with E-state index in [1.54, 1.807) is 4.57 Å². The van der Waals surface area contributed by atoms with E-state index in [1.807, 2.05) is 19.5 Å². The topological polar surface area (TPSA) is 49.6 Å². The number of rotatable bonds is 3. The number of hydrogen-bond donors (Lipinski definition) is 1. The maximum absolute atomic E-state index is 12.3. The van der Waals surface area contributed by atoms with Crippen LogP contribution in [-0.4, -0.2) is 41.9 Å². The van der Waals surface area contributed by atoms with E-state index < -0.39 is 0 Å². The fraction of sp³-hybridized carbons (Fsp3) is 0.400. The fourth-order valence-corrected chi connectivity index (χ4v) is 3.72. The second-order valence-corrected chi connectivity index (χ2v) is 6.99. The summed E-state index contributed by atoms with van der Waals surface area (Å²) < 4.78 is 1.67. The summed E-state index contributed by atoms with van der Waals surface area (Å²) in [5, 5.41) is 3.40. The summed E-state index contributed by atoms with van der Waals surface area (Å²) in [5.74, 6) is 0. The van der Waals surface area contributed by atoms with Crippen LogP contribution in [0.15, 0.2) is 34.2 Å². The number of pyridine rings is 1. The molecule has 1 N–H and O–H groups in total. The van der Waals surface area contributed by atoms with Crippen LogP contribution in [0.2, 0.25) is 0 Å². The highest BCUT2D eigenvalue weighted by Crippen LogP contribution is 2.28. The van der Waals surface area contributed by atoms with Crippen LogP contribution >= 0.6 is 0 Å². The van der Waals surface area contributed by atoms with Gasteiger partial charge in [0.05, 0.1) is 6.54 Å². The third-order valence-corrected chi connectivity index (χ3v) is 5.24. The predicted molar refractivity (Wildman–Crippen MR) is 101 cm³/mol. The number of aryl methyl sites for hydroxylation is 2. The number of nitrogens with one attached hydrogen (secondary N) is 1. The average molecular weight is 336 g/mol. The number of aliphatic imine (C=N–C) groups is 1. The molecule has 1 aromatic carbocycles. The fourth-order valence-electron chi connectivity index (χ4n) is 3.72. The molecule has 25 heavy (non-hydrogen) atoms. The maximum Gasteiger partial charge on any atom is 0.256 e. The van der Waals surface area contributed by atoms with Crippen molar-refractivity contribution in [1.29, 1.82) is 0 Å². The lowest BCUT2D eigenvalue weighted by molar-refractivity contribution is 0.233. The highest BCUT2D eigenvalue weighted by atomic mass is 16.1. The second kappa shape index (κ2) is 6.58. The lowest BCUT2D eigenvalue weighted by atomic mass is 9.96. The maximum atomic E-state index is 12.3. The number of hydrogen-bond acceptors (Lipinski definition) is 4. The van der Waals surface area contributed by atoms with Crippen LogP contribution in [0.4, 0.5) is 0 Å². The van der Waals surface area contributed by atoms with Crippen LogP contribution in [0.1, 0.15) is 22.3 Å². The third kappa shape index (κ3) is 3.05. The summed E-state index contributed by atoms with van der Waals surface area (Å²) in [4.78, 5) is 19.1.